The van der Waals surface area contributed by atoms with E-state index in [1.54, 1.807) is 0 Å². The Kier molecular flexibility index (Phi) is 69.6. The normalized spacial score (nSPS) is 13.9. The van der Waals surface area contributed by atoms with Gasteiger partial charge in [0.25, 0.3) is 0 Å². The maximum Gasteiger partial charge on any atom is 0.472 e. The highest BCUT2D eigenvalue weighted by atomic mass is 31.2. The number of aliphatic hydroxyl groups is 1. The van der Waals surface area contributed by atoms with Crippen molar-refractivity contribution in [2.24, 2.45) is 5.92 Å². The van der Waals surface area contributed by atoms with E-state index in [0.29, 0.717) is 25.7 Å². The number of ether oxygens (including phenoxy) is 4. The summed E-state index contributed by atoms with van der Waals surface area (Å²) in [6.07, 6.45) is 61.7. The van der Waals surface area contributed by atoms with Gasteiger partial charge in [-0.2, -0.15) is 0 Å². The topological polar surface area (TPSA) is 237 Å². The molecule has 0 rings (SSSR count). The zero-order chi connectivity index (χ0) is 71.2. The van der Waals surface area contributed by atoms with Crippen LogP contribution in [0, 0.1) is 5.92 Å². The third-order valence-corrected chi connectivity index (χ3v) is 20.2. The van der Waals surface area contributed by atoms with Crippen LogP contribution < -0.4 is 0 Å². The van der Waals surface area contributed by atoms with Crippen molar-refractivity contribution < 1.29 is 80.2 Å². The van der Waals surface area contributed by atoms with Crippen molar-refractivity contribution in [1.82, 2.24) is 0 Å². The number of carbonyl (C=O) groups excluding carboxylic acids is 4. The van der Waals surface area contributed by atoms with Gasteiger partial charge in [-0.1, -0.05) is 362 Å². The molecule has 0 aliphatic rings. The molecule has 5 atom stereocenters. The Hall–Kier alpha value is -1.94. The van der Waals surface area contributed by atoms with Gasteiger partial charge in [-0.15, -0.1) is 0 Å². The number of phosphoric acid groups is 2. The minimum atomic E-state index is -4.96. The molecule has 0 aromatic rings. The number of hydrogen-bond acceptors (Lipinski definition) is 15. The van der Waals surface area contributed by atoms with Crippen LogP contribution in [0.3, 0.4) is 0 Å². The van der Waals surface area contributed by atoms with Crippen molar-refractivity contribution in [3.63, 3.8) is 0 Å². The van der Waals surface area contributed by atoms with Crippen LogP contribution in [-0.2, 0) is 65.4 Å². The average molecular weight is 1420 g/mol. The Bertz CT molecular complexity index is 1860. The third-order valence-electron chi connectivity index (χ3n) is 18.3. The molecule has 2 unspecified atom stereocenters. The molecule has 0 aromatic carbocycles. The summed E-state index contributed by atoms with van der Waals surface area (Å²) in [7, 11) is -9.90. The fourth-order valence-electron chi connectivity index (χ4n) is 12.1. The molecule has 17 nitrogen and oxygen atoms in total. The molecule has 0 fully saturated rings. The Balaban J connectivity index is 5.07. The van der Waals surface area contributed by atoms with Gasteiger partial charge in [-0.3, -0.25) is 37.3 Å². The summed E-state index contributed by atoms with van der Waals surface area (Å²) in [5, 5.41) is 10.6. The summed E-state index contributed by atoms with van der Waals surface area (Å²) >= 11 is 0. The third kappa shape index (κ3) is 72.2. The highest BCUT2D eigenvalue weighted by molar-refractivity contribution is 7.47. The van der Waals surface area contributed by atoms with Crippen molar-refractivity contribution in [2.45, 2.75) is 432 Å². The Morgan fingerprint density at radius 2 is 0.474 bits per heavy atom. The second-order valence-electron chi connectivity index (χ2n) is 28.6. The van der Waals surface area contributed by atoms with Crippen LogP contribution in [0.2, 0.25) is 0 Å². The lowest BCUT2D eigenvalue weighted by Crippen LogP contribution is -2.30. The minimum Gasteiger partial charge on any atom is -0.462 e. The first kappa shape index (κ1) is 95.1. The molecule has 0 bridgehead atoms. The van der Waals surface area contributed by atoms with Crippen molar-refractivity contribution in [3.8, 4) is 0 Å². The minimum absolute atomic E-state index is 0.104. The molecule has 0 saturated heterocycles. The fraction of sp³-hybridized carbons (Fsp3) is 0.949. The van der Waals surface area contributed by atoms with E-state index in [0.717, 1.165) is 121 Å². The summed E-state index contributed by atoms with van der Waals surface area (Å²) in [5.41, 5.74) is 0. The lowest BCUT2D eigenvalue weighted by molar-refractivity contribution is -0.161. The van der Waals surface area contributed by atoms with E-state index < -0.39 is 97.5 Å². The van der Waals surface area contributed by atoms with Crippen LogP contribution in [0.5, 0.6) is 0 Å². The van der Waals surface area contributed by atoms with Crippen LogP contribution in [0.25, 0.3) is 0 Å². The van der Waals surface area contributed by atoms with E-state index in [9.17, 15) is 43.2 Å². The first-order chi connectivity index (χ1) is 47.0. The number of esters is 4. The highest BCUT2D eigenvalue weighted by Gasteiger charge is 2.30. The lowest BCUT2D eigenvalue weighted by atomic mass is 10.0. The van der Waals surface area contributed by atoms with Crippen LogP contribution in [-0.4, -0.2) is 96.7 Å². The van der Waals surface area contributed by atoms with E-state index in [4.69, 9.17) is 37.0 Å². The van der Waals surface area contributed by atoms with E-state index in [2.05, 4.69) is 34.6 Å². The monoisotopic (exact) mass is 1420 g/mol. The van der Waals surface area contributed by atoms with E-state index in [1.807, 2.05) is 0 Å². The molecule has 0 aromatic heterocycles. The SMILES string of the molecule is CCCCCCCCCCCCCCCCCCCCCCCCC(=O)O[C@H](COC(=O)CCCCCCCCCCCCCCCCCCCCC(C)C)COP(=O)(O)OC[C@@H](O)COP(=O)(O)OC[C@@H](COC(=O)CCCCCCCCC)OC(=O)CCCCCCCCC. The van der Waals surface area contributed by atoms with Crippen LogP contribution in [0.15, 0.2) is 0 Å². The van der Waals surface area contributed by atoms with E-state index in [1.165, 1.54) is 212 Å². The number of carbonyl (C=O) groups is 4. The molecular weight excluding hydrogens is 1270 g/mol. The summed E-state index contributed by atoms with van der Waals surface area (Å²) < 4.78 is 68.3. The van der Waals surface area contributed by atoms with Gasteiger partial charge < -0.3 is 33.8 Å². The smallest absolute Gasteiger partial charge is 0.462 e. The second kappa shape index (κ2) is 71.1. The standard InChI is InChI=1S/C78H152O17P2/c1-6-9-12-15-18-19-20-21-22-23-24-25-26-27-32-35-38-41-44-49-54-59-64-78(83)95-74(68-89-76(81)62-57-52-48-43-40-37-34-31-29-28-30-33-36-39-42-47-50-55-60-71(4)5)70-93-97(86,87)91-66-72(79)65-90-96(84,85)92-69-73(94-77(82)63-58-53-46-17-14-11-8-3)67-88-75(80)61-56-51-45-16-13-10-7-2/h71-74,79H,6-70H2,1-5H3,(H,84,85)(H,86,87)/t72-,73+,74+/m0/s1. The lowest BCUT2D eigenvalue weighted by Gasteiger charge is -2.21. The van der Waals surface area contributed by atoms with E-state index >= 15 is 0 Å². The molecule has 19 heteroatoms. The molecular formula is C78H152O17P2. The number of aliphatic hydroxyl groups excluding tert-OH is 1. The van der Waals surface area contributed by atoms with Crippen molar-refractivity contribution in [3.05, 3.63) is 0 Å². The number of hydrogen-bond donors (Lipinski definition) is 3. The highest BCUT2D eigenvalue weighted by Crippen LogP contribution is 2.45. The number of phosphoric ester groups is 2. The van der Waals surface area contributed by atoms with Crippen LogP contribution >= 0.6 is 15.6 Å². The summed E-state index contributed by atoms with van der Waals surface area (Å²) in [4.78, 5) is 72.5. The van der Waals surface area contributed by atoms with Crippen molar-refractivity contribution >= 4 is 39.5 Å². The molecule has 0 saturated carbocycles. The quantitative estimate of drug-likeness (QED) is 0.0222. The Labute approximate surface area is 594 Å². The zero-order valence-electron chi connectivity index (χ0n) is 63.2. The molecule has 0 aliphatic carbocycles. The summed E-state index contributed by atoms with van der Waals surface area (Å²) in [6, 6.07) is 0. The van der Waals surface area contributed by atoms with Gasteiger partial charge in [0.05, 0.1) is 26.4 Å². The largest absolute Gasteiger partial charge is 0.472 e. The van der Waals surface area contributed by atoms with Gasteiger partial charge >= 0.3 is 39.5 Å². The molecule has 0 heterocycles. The predicted octanol–water partition coefficient (Wildman–Crippen LogP) is 23.3. The first-order valence-electron chi connectivity index (χ1n) is 40.6. The summed E-state index contributed by atoms with van der Waals surface area (Å²) in [5.74, 6) is -1.30. The zero-order valence-corrected chi connectivity index (χ0v) is 65.0. The Morgan fingerprint density at radius 3 is 0.701 bits per heavy atom. The first-order valence-corrected chi connectivity index (χ1v) is 43.6. The molecule has 0 radical (unpaired) electrons. The van der Waals surface area contributed by atoms with Crippen molar-refractivity contribution in [1.29, 1.82) is 0 Å². The molecule has 97 heavy (non-hydrogen) atoms. The molecule has 0 spiro atoms. The second-order valence-corrected chi connectivity index (χ2v) is 31.5. The molecule has 576 valence electrons. The van der Waals surface area contributed by atoms with Gasteiger partial charge in [0, 0.05) is 25.7 Å². The van der Waals surface area contributed by atoms with Gasteiger partial charge in [0.1, 0.15) is 19.3 Å². The maximum absolute atomic E-state index is 13.1. The van der Waals surface area contributed by atoms with Gasteiger partial charge in [-0.05, 0) is 31.6 Å². The average Bonchev–Trinajstić information content (AvgIpc) is 1.79. The van der Waals surface area contributed by atoms with Crippen LogP contribution in [0.4, 0.5) is 0 Å². The fourth-order valence-corrected chi connectivity index (χ4v) is 13.6. The number of unbranched alkanes of at least 4 members (excludes halogenated alkanes) is 50. The maximum atomic E-state index is 13.1. The predicted molar refractivity (Wildman–Crippen MR) is 395 cm³/mol. The van der Waals surface area contributed by atoms with Gasteiger partial charge in [-0.25, -0.2) is 9.13 Å². The van der Waals surface area contributed by atoms with E-state index in [-0.39, 0.29) is 25.7 Å². The molecule has 0 amide bonds. The summed E-state index contributed by atoms with van der Waals surface area (Å²) in [6.45, 7) is 7.24. The van der Waals surface area contributed by atoms with Crippen LogP contribution in [0.1, 0.15) is 413 Å². The van der Waals surface area contributed by atoms with Crippen molar-refractivity contribution in [2.75, 3.05) is 39.6 Å². The van der Waals surface area contributed by atoms with Gasteiger partial charge in [0.15, 0.2) is 12.2 Å². The number of rotatable bonds is 78. The molecule has 0 aliphatic heterocycles. The van der Waals surface area contributed by atoms with Gasteiger partial charge in [0.2, 0.25) is 0 Å². The molecule has 3 N–H and O–H groups in total. The Morgan fingerprint density at radius 1 is 0.278 bits per heavy atom.